The lowest BCUT2D eigenvalue weighted by molar-refractivity contribution is 0.0832. The minimum Gasteiger partial charge on any atom is -0.508 e. The zero-order valence-electron chi connectivity index (χ0n) is 10.9. The molecule has 0 bridgehead atoms. The fourth-order valence-electron chi connectivity index (χ4n) is 2.27. The first-order valence-electron chi connectivity index (χ1n) is 6.32. The van der Waals surface area contributed by atoms with Crippen molar-refractivity contribution >= 4 is 27.5 Å². The number of ketones is 2. The van der Waals surface area contributed by atoms with Crippen LogP contribution in [0.25, 0.3) is 0 Å². The van der Waals surface area contributed by atoms with Crippen molar-refractivity contribution in [2.24, 2.45) is 0 Å². The van der Waals surface area contributed by atoms with E-state index in [9.17, 15) is 14.7 Å². The van der Waals surface area contributed by atoms with Crippen LogP contribution in [0.4, 0.5) is 0 Å². The van der Waals surface area contributed by atoms with E-state index in [1.807, 2.05) is 0 Å². The summed E-state index contributed by atoms with van der Waals surface area (Å²) in [6.45, 7) is -0.107. The molecule has 1 aliphatic rings. The highest BCUT2D eigenvalue weighted by Crippen LogP contribution is 2.37. The van der Waals surface area contributed by atoms with Crippen molar-refractivity contribution in [3.63, 3.8) is 0 Å². The van der Waals surface area contributed by atoms with Crippen LogP contribution in [0.2, 0.25) is 0 Å². The number of Topliss-reactive ketones (excluding diaryl/α,β-unsaturated/α-hetero) is 2. The molecule has 21 heavy (non-hydrogen) atoms. The fraction of sp³-hybridized carbons (Fsp3) is 0.125. The Balaban J connectivity index is 1.84. The molecule has 0 unspecified atom stereocenters. The quantitative estimate of drug-likeness (QED) is 0.685. The molecule has 0 aromatic heterocycles. The minimum absolute atomic E-state index is 0.107. The van der Waals surface area contributed by atoms with Gasteiger partial charge in [-0.1, -0.05) is 40.2 Å². The van der Waals surface area contributed by atoms with E-state index in [-0.39, 0.29) is 23.9 Å². The molecule has 0 aliphatic heterocycles. The molecule has 3 rings (SSSR count). The molecule has 0 atom stereocenters. The summed E-state index contributed by atoms with van der Waals surface area (Å²) < 4.78 is 4.14. The highest BCUT2D eigenvalue weighted by atomic mass is 79.9. The van der Waals surface area contributed by atoms with Crippen LogP contribution in [0.1, 0.15) is 20.7 Å². The Labute approximate surface area is 129 Å². The number of alkyl halides is 1. The molecular formula is C16H11BrO4. The summed E-state index contributed by atoms with van der Waals surface area (Å²) in [6, 6.07) is 12.8. The van der Waals surface area contributed by atoms with Gasteiger partial charge in [0.25, 0.3) is 0 Å². The van der Waals surface area contributed by atoms with Gasteiger partial charge in [-0.25, -0.2) is 0 Å². The van der Waals surface area contributed by atoms with Gasteiger partial charge in [-0.05, 0) is 24.3 Å². The number of carbonyl (C=O) groups excluding carboxylic acids is 2. The van der Waals surface area contributed by atoms with Gasteiger partial charge in [-0.2, -0.15) is 0 Å². The maximum absolute atomic E-state index is 12.4. The first-order chi connectivity index (χ1) is 10.0. The number of benzene rings is 2. The van der Waals surface area contributed by atoms with Crippen molar-refractivity contribution in [2.45, 2.75) is 4.32 Å². The van der Waals surface area contributed by atoms with Crippen molar-refractivity contribution in [2.75, 3.05) is 6.61 Å². The Morgan fingerprint density at radius 2 is 1.48 bits per heavy atom. The predicted octanol–water partition coefficient (Wildman–Crippen LogP) is 2.98. The SMILES string of the molecule is O=C1c2ccccc2C(=O)C1(Br)COc1ccc(O)cc1. The summed E-state index contributed by atoms with van der Waals surface area (Å²) in [4.78, 5) is 24.8. The average molecular weight is 347 g/mol. The molecule has 0 saturated carbocycles. The second-order valence-corrected chi connectivity index (χ2v) is 6.14. The summed E-state index contributed by atoms with van der Waals surface area (Å²) >= 11 is 3.26. The van der Waals surface area contributed by atoms with E-state index in [2.05, 4.69) is 15.9 Å². The van der Waals surface area contributed by atoms with Gasteiger partial charge in [0.1, 0.15) is 18.1 Å². The van der Waals surface area contributed by atoms with E-state index in [4.69, 9.17) is 4.74 Å². The van der Waals surface area contributed by atoms with E-state index in [0.717, 1.165) is 0 Å². The zero-order chi connectivity index (χ0) is 15.0. The minimum atomic E-state index is -1.38. The van der Waals surface area contributed by atoms with Crippen molar-refractivity contribution in [3.05, 3.63) is 59.7 Å². The first kappa shape index (κ1) is 13.8. The smallest absolute Gasteiger partial charge is 0.191 e. The Morgan fingerprint density at radius 3 is 2.00 bits per heavy atom. The van der Waals surface area contributed by atoms with E-state index in [0.29, 0.717) is 16.9 Å². The number of carbonyl (C=O) groups is 2. The lowest BCUT2D eigenvalue weighted by atomic mass is 10.1. The number of hydrogen-bond acceptors (Lipinski definition) is 4. The van der Waals surface area contributed by atoms with E-state index in [1.54, 1.807) is 36.4 Å². The zero-order valence-corrected chi connectivity index (χ0v) is 12.5. The van der Waals surface area contributed by atoms with Gasteiger partial charge in [0.15, 0.2) is 15.9 Å². The molecule has 1 aliphatic carbocycles. The third-order valence-electron chi connectivity index (χ3n) is 3.41. The summed E-state index contributed by atoms with van der Waals surface area (Å²) in [6.07, 6.45) is 0. The van der Waals surface area contributed by atoms with Crippen LogP contribution in [-0.4, -0.2) is 27.6 Å². The maximum atomic E-state index is 12.4. The largest absolute Gasteiger partial charge is 0.508 e. The summed E-state index contributed by atoms with van der Waals surface area (Å²) in [5, 5.41) is 9.22. The first-order valence-corrected chi connectivity index (χ1v) is 7.11. The third-order valence-corrected chi connectivity index (χ3v) is 4.36. The van der Waals surface area contributed by atoms with Crippen molar-refractivity contribution in [3.8, 4) is 11.5 Å². The lowest BCUT2D eigenvalue weighted by Gasteiger charge is -2.18. The molecule has 5 heteroatoms. The van der Waals surface area contributed by atoms with Gasteiger partial charge in [-0.15, -0.1) is 0 Å². The topological polar surface area (TPSA) is 63.6 Å². The van der Waals surface area contributed by atoms with Crippen molar-refractivity contribution < 1.29 is 19.4 Å². The maximum Gasteiger partial charge on any atom is 0.191 e. The molecule has 0 saturated heterocycles. The van der Waals surface area contributed by atoms with Gasteiger partial charge in [0.05, 0.1) is 0 Å². The molecule has 2 aromatic rings. The van der Waals surface area contributed by atoms with E-state index >= 15 is 0 Å². The second-order valence-electron chi connectivity index (χ2n) is 4.79. The third kappa shape index (κ3) is 2.23. The van der Waals surface area contributed by atoms with Gasteiger partial charge >= 0.3 is 0 Å². The number of ether oxygens (including phenoxy) is 1. The molecule has 0 radical (unpaired) electrons. The number of phenols is 1. The standard InChI is InChI=1S/C16H11BrO4/c17-16(9-21-11-7-5-10(18)6-8-11)14(19)12-3-1-2-4-13(12)15(16)20/h1-8,18H,9H2. The monoisotopic (exact) mass is 346 g/mol. The van der Waals surface area contributed by atoms with Crippen LogP contribution in [0.3, 0.4) is 0 Å². The Bertz CT molecular complexity index is 686. The molecule has 0 fully saturated rings. The normalized spacial score (nSPS) is 15.9. The number of phenolic OH excluding ortho intramolecular Hbond substituents is 1. The van der Waals surface area contributed by atoms with Crippen LogP contribution >= 0.6 is 15.9 Å². The molecule has 2 aromatic carbocycles. The number of rotatable bonds is 3. The van der Waals surface area contributed by atoms with Crippen LogP contribution in [0, 0.1) is 0 Å². The van der Waals surface area contributed by atoms with Crippen LogP contribution in [0.5, 0.6) is 11.5 Å². The second kappa shape index (κ2) is 5.00. The van der Waals surface area contributed by atoms with E-state index in [1.165, 1.54) is 12.1 Å². The van der Waals surface area contributed by atoms with Crippen LogP contribution in [0.15, 0.2) is 48.5 Å². The van der Waals surface area contributed by atoms with Crippen LogP contribution < -0.4 is 4.74 Å². The van der Waals surface area contributed by atoms with Gasteiger partial charge in [-0.3, -0.25) is 9.59 Å². The predicted molar refractivity (Wildman–Crippen MR) is 80.4 cm³/mol. The van der Waals surface area contributed by atoms with Gasteiger partial charge in [0, 0.05) is 11.1 Å². The molecular weight excluding hydrogens is 336 g/mol. The molecule has 106 valence electrons. The number of halogens is 1. The molecule has 0 spiro atoms. The molecule has 0 heterocycles. The summed E-state index contributed by atoms with van der Waals surface area (Å²) in [7, 11) is 0. The Hall–Kier alpha value is -2.14. The highest BCUT2D eigenvalue weighted by Gasteiger charge is 2.51. The molecule has 0 amide bonds. The van der Waals surface area contributed by atoms with Crippen molar-refractivity contribution in [1.29, 1.82) is 0 Å². The van der Waals surface area contributed by atoms with Gasteiger partial charge in [0.2, 0.25) is 0 Å². The summed E-state index contributed by atoms with van der Waals surface area (Å²) in [5.74, 6) is 0.0169. The lowest BCUT2D eigenvalue weighted by Crippen LogP contribution is -2.40. The van der Waals surface area contributed by atoms with Gasteiger partial charge < -0.3 is 9.84 Å². The average Bonchev–Trinajstić information content (AvgIpc) is 2.70. The fourth-order valence-corrected chi connectivity index (χ4v) is 2.81. The number of hydrogen-bond donors (Lipinski definition) is 1. The van der Waals surface area contributed by atoms with Crippen LogP contribution in [-0.2, 0) is 0 Å². The highest BCUT2D eigenvalue weighted by molar-refractivity contribution is 9.10. The van der Waals surface area contributed by atoms with E-state index < -0.39 is 4.32 Å². The molecule has 1 N–H and O–H groups in total. The Morgan fingerprint density at radius 1 is 0.952 bits per heavy atom. The molecule has 4 nitrogen and oxygen atoms in total. The number of aromatic hydroxyl groups is 1. The van der Waals surface area contributed by atoms with Crippen molar-refractivity contribution in [1.82, 2.24) is 0 Å². The number of fused-ring (bicyclic) bond motifs is 1. The Kier molecular flexibility index (Phi) is 3.29. The summed E-state index contributed by atoms with van der Waals surface area (Å²) in [5.41, 5.74) is 0.822.